The van der Waals surface area contributed by atoms with Gasteiger partial charge in [-0.05, 0) is 54.7 Å². The third-order valence-electron chi connectivity index (χ3n) is 22.1. The first-order chi connectivity index (χ1) is 66.4. The Morgan fingerprint density at radius 2 is 0.643 bits per heavy atom. The molecule has 6 amide bonds. The Bertz CT molecular complexity index is 4500. The van der Waals surface area contributed by atoms with Crippen LogP contribution in [0.5, 0.6) is 0 Å². The number of benzene rings is 2. The third kappa shape index (κ3) is 40.8. The number of amides is 6. The van der Waals surface area contributed by atoms with E-state index in [9.17, 15) is 86.3 Å². The van der Waals surface area contributed by atoms with Crippen molar-refractivity contribution in [3.05, 3.63) is 69.8 Å². The SMILES string of the molecule is CC(=O)N[C@H]1C(OCCOCCNC(=O)c2ccc(CNC(=O)CC[C@@H](N)C(=O)NCc3ccc(C(=O)NCCOCCOC4O[C@H](COC(C)=O)[C@H](C)[C@H](OC(C)=O)[C@H]4NC(C)=O)c(C(=O)CCCOCCOC4O[C@H](COC(C)=O)[C@H](OC(C)=O)[C@H](OC(C)=O)[C@H]4C)c3)cc2C(=O)CCCOCCOC2O[C@H](COC(C)=O)[C@H](OC(C)=O)[C@H](OC(C)=O)[C@H]2C)O[C@H](COC(C)=O)[C@H](C)[C@@H]1OC(C)=O. The molecule has 0 radical (unpaired) electrons. The maximum Gasteiger partial charge on any atom is 0.303 e. The second-order valence-corrected chi connectivity index (χ2v) is 33.6. The summed E-state index contributed by atoms with van der Waals surface area (Å²) in [5.74, 6) is -13.6. The Morgan fingerprint density at radius 1 is 0.329 bits per heavy atom. The lowest BCUT2D eigenvalue weighted by atomic mass is 9.89. The van der Waals surface area contributed by atoms with Gasteiger partial charge in [0.25, 0.3) is 11.8 Å². The number of ketones is 2. The van der Waals surface area contributed by atoms with Crippen LogP contribution in [0.2, 0.25) is 0 Å². The maximum absolute atomic E-state index is 14.3. The highest BCUT2D eigenvalue weighted by atomic mass is 16.7. The molecule has 0 spiro atoms. The zero-order chi connectivity index (χ0) is 103. The summed E-state index contributed by atoms with van der Waals surface area (Å²) in [6, 6.07) is 5.51. The number of hydrogen-bond acceptors (Lipinski definition) is 41. The van der Waals surface area contributed by atoms with Crippen LogP contribution in [0.15, 0.2) is 36.4 Å². The van der Waals surface area contributed by atoms with Gasteiger partial charge in [-0.2, -0.15) is 0 Å². The second-order valence-electron chi connectivity index (χ2n) is 33.6. The lowest BCUT2D eigenvalue weighted by molar-refractivity contribution is -0.290. The van der Waals surface area contributed by atoms with E-state index >= 15 is 0 Å². The van der Waals surface area contributed by atoms with E-state index in [1.54, 1.807) is 27.7 Å². The average Bonchev–Trinajstić information content (AvgIpc) is 0.789. The smallest absolute Gasteiger partial charge is 0.303 e. The molecule has 0 bridgehead atoms. The van der Waals surface area contributed by atoms with Gasteiger partial charge in [-0.25, -0.2) is 0 Å². The van der Waals surface area contributed by atoms with Gasteiger partial charge >= 0.3 is 59.7 Å². The number of Topliss-reactive ketones (excluding diaryl/α,β-unsaturated/α-hetero) is 2. The molecule has 47 heteroatoms. The number of rotatable bonds is 58. The summed E-state index contributed by atoms with van der Waals surface area (Å²) < 4.78 is 125. The van der Waals surface area contributed by atoms with Crippen LogP contribution in [0.1, 0.15) is 202 Å². The molecular weight excluding hydrogens is 1860 g/mol. The fourth-order valence-electron chi connectivity index (χ4n) is 15.5. The number of nitrogens with two attached hydrogens (primary N) is 1. The zero-order valence-electron chi connectivity index (χ0n) is 81.9. The lowest BCUT2D eigenvalue weighted by Gasteiger charge is -2.44. The molecule has 4 aliphatic heterocycles. The summed E-state index contributed by atoms with van der Waals surface area (Å²) in [5.41, 5.74) is 6.99. The highest BCUT2D eigenvalue weighted by Crippen LogP contribution is 2.36. The normalized spacial score (nSPS) is 24.4. The molecule has 4 aliphatic rings. The minimum atomic E-state index is -1.26. The minimum absolute atomic E-state index is 0.0112. The van der Waals surface area contributed by atoms with Crippen molar-refractivity contribution < 1.29 is 191 Å². The number of carbonyl (C=O) groups excluding carboxylic acids is 18. The van der Waals surface area contributed by atoms with Crippen LogP contribution in [-0.2, 0) is 184 Å². The van der Waals surface area contributed by atoms with Gasteiger partial charge in [0.1, 0.15) is 87.3 Å². The molecule has 0 aliphatic carbocycles. The molecule has 140 heavy (non-hydrogen) atoms. The van der Waals surface area contributed by atoms with Crippen molar-refractivity contribution in [2.24, 2.45) is 29.4 Å². The molecule has 4 heterocycles. The number of nitrogens with one attached hydrogen (secondary N) is 6. The molecule has 21 atom stereocenters. The average molecular weight is 1990 g/mol. The largest absolute Gasteiger partial charge is 0.463 e. The van der Waals surface area contributed by atoms with E-state index < -0.39 is 235 Å². The van der Waals surface area contributed by atoms with Gasteiger partial charge in [0.05, 0.1) is 83.2 Å². The first kappa shape index (κ1) is 117. The molecule has 2 aromatic rings. The van der Waals surface area contributed by atoms with Crippen LogP contribution in [0.4, 0.5) is 0 Å². The van der Waals surface area contributed by atoms with E-state index in [4.69, 9.17) is 110 Å². The third-order valence-corrected chi connectivity index (χ3v) is 22.1. The summed E-state index contributed by atoms with van der Waals surface area (Å²) >= 11 is 0. The first-order valence-corrected chi connectivity index (χ1v) is 46.1. The fourth-order valence-corrected chi connectivity index (χ4v) is 15.5. The van der Waals surface area contributed by atoms with Gasteiger partial charge in [0.2, 0.25) is 23.6 Å². The van der Waals surface area contributed by atoms with Gasteiger partial charge in [-0.1, -0.05) is 39.8 Å². The molecular formula is C93H135N7O40. The van der Waals surface area contributed by atoms with E-state index in [1.807, 2.05) is 0 Å². The summed E-state index contributed by atoms with van der Waals surface area (Å²) in [7, 11) is 0. The van der Waals surface area contributed by atoms with Crippen LogP contribution >= 0.6 is 0 Å². The van der Waals surface area contributed by atoms with Crippen molar-refractivity contribution in [1.82, 2.24) is 31.9 Å². The van der Waals surface area contributed by atoms with Crippen LogP contribution in [0, 0.1) is 23.7 Å². The maximum atomic E-state index is 14.3. The van der Waals surface area contributed by atoms with E-state index in [2.05, 4.69) is 31.9 Å². The lowest BCUT2D eigenvalue weighted by Crippen LogP contribution is -2.63. The zero-order valence-corrected chi connectivity index (χ0v) is 81.9. The van der Waals surface area contributed by atoms with E-state index in [0.29, 0.717) is 11.1 Å². The molecule has 0 saturated carbocycles. The molecule has 0 aromatic heterocycles. The summed E-state index contributed by atoms with van der Waals surface area (Å²) in [6.07, 6.45) is -15.1. The first-order valence-electron chi connectivity index (χ1n) is 46.1. The molecule has 2 aromatic carbocycles. The highest BCUT2D eigenvalue weighted by molar-refractivity contribution is 6.09. The topological polar surface area (TPSA) is 609 Å². The van der Waals surface area contributed by atoms with Crippen LogP contribution in [0.3, 0.4) is 0 Å². The summed E-state index contributed by atoms with van der Waals surface area (Å²) in [4.78, 5) is 229. The van der Waals surface area contributed by atoms with Gasteiger partial charge < -0.3 is 142 Å². The summed E-state index contributed by atoms with van der Waals surface area (Å²) in [5, 5.41) is 16.4. The number of carbonyl (C=O) groups is 18. The fraction of sp³-hybridized carbons (Fsp3) is 0.677. The minimum Gasteiger partial charge on any atom is -0.463 e. The number of ether oxygens (including phenoxy) is 22. The second kappa shape index (κ2) is 60.8. The van der Waals surface area contributed by atoms with E-state index in [-0.39, 0.29) is 193 Å². The van der Waals surface area contributed by atoms with Crippen molar-refractivity contribution in [3.63, 3.8) is 0 Å². The van der Waals surface area contributed by atoms with Gasteiger partial charge in [-0.3, -0.25) is 86.3 Å². The van der Waals surface area contributed by atoms with Crippen LogP contribution < -0.4 is 37.6 Å². The molecule has 782 valence electrons. The van der Waals surface area contributed by atoms with Crippen LogP contribution in [-0.4, -0.2) is 330 Å². The number of esters is 10. The monoisotopic (exact) mass is 1990 g/mol. The van der Waals surface area contributed by atoms with E-state index in [0.717, 1.165) is 13.8 Å². The van der Waals surface area contributed by atoms with Gasteiger partial charge in [-0.15, -0.1) is 0 Å². The van der Waals surface area contributed by atoms with Crippen molar-refractivity contribution >= 4 is 107 Å². The van der Waals surface area contributed by atoms with Crippen LogP contribution in [0.25, 0.3) is 0 Å². The standard InChI is InChI=1S/C93H135N7O40/c1-49-74(45-127-55(7)103)137-92(79(99-53(5)101)81(49)131-59(11)107)125-39-35-121-31-27-95-87(116)67-23-21-65(41-69(67)72(113)19-17-29-119-33-37-123-90-51(3)83(133-61(13)109)85(135-63(15)111)76(139-90)47-129-57(9)105)43-97-78(115)26-25-71(94)89(118)98-44-66-22-24-68(88(117)96-28-32-122-36-40-126-93-80(100-54(6)102)82(132-60(12)108)50(2)75(138-93)46-128-56(8)104)70(42-66)73(114)20-18-30-120-34-38-124-91-52(4)84(134-62(14)110)86(136-64(16)112)77(140-91)48-130-58(10)106/h21-24,41-42,49-52,71,74-77,79-86,90-93H,17-20,25-40,43-48,94H2,1-16H3,(H,95,116)(H,96,117)(H,97,115)(H,98,118)(H,99,101)(H,100,102)/t49-,50-,51+,52+,71+,74+,75+,76+,77+,79+,80+,81-,82-,83+,84+,85-,86-,90?,91?,92?,93?/m0/s1. The van der Waals surface area contributed by atoms with Crippen molar-refractivity contribution in [2.45, 2.75) is 267 Å². The molecule has 4 fully saturated rings. The Labute approximate surface area is 810 Å². The van der Waals surface area contributed by atoms with Gasteiger partial charge in [0.15, 0.2) is 48.9 Å². The quantitative estimate of drug-likeness (QED) is 0.0214. The summed E-state index contributed by atoms with van der Waals surface area (Å²) in [6.45, 7) is 18.7. The predicted octanol–water partition coefficient (Wildman–Crippen LogP) is 1.54. The Hall–Kier alpha value is -11.2. The molecule has 4 saturated heterocycles. The molecule has 47 nitrogen and oxygen atoms in total. The Kier molecular flexibility index (Phi) is 51.0. The highest BCUT2D eigenvalue weighted by Gasteiger charge is 2.53. The molecule has 4 unspecified atom stereocenters. The van der Waals surface area contributed by atoms with Crippen molar-refractivity contribution in [2.75, 3.05) is 119 Å². The van der Waals surface area contributed by atoms with Crippen molar-refractivity contribution in [3.8, 4) is 0 Å². The predicted molar refractivity (Wildman–Crippen MR) is 479 cm³/mol. The Morgan fingerprint density at radius 3 is 0.986 bits per heavy atom. The van der Waals surface area contributed by atoms with Gasteiger partial charge in [0, 0.05) is 177 Å². The molecule has 6 rings (SSSR count). The number of hydrogen-bond donors (Lipinski definition) is 7. The Balaban J connectivity index is 1.09. The molecule has 8 N–H and O–H groups in total. The van der Waals surface area contributed by atoms with E-state index in [1.165, 1.54) is 106 Å². The van der Waals surface area contributed by atoms with Crippen molar-refractivity contribution in [1.29, 1.82) is 0 Å².